The fourth-order valence-corrected chi connectivity index (χ4v) is 2.16. The molecule has 1 aromatic carbocycles. The largest absolute Gasteiger partial charge is 0.476 e. The Morgan fingerprint density at radius 1 is 1.18 bits per heavy atom. The molecule has 0 fully saturated rings. The van der Waals surface area contributed by atoms with Crippen LogP contribution in [-0.2, 0) is 4.79 Å². The first-order valence-corrected chi connectivity index (χ1v) is 6.96. The van der Waals surface area contributed by atoms with E-state index in [1.807, 2.05) is 32.0 Å². The van der Waals surface area contributed by atoms with Gasteiger partial charge in [0, 0.05) is 5.69 Å². The van der Waals surface area contributed by atoms with Crippen LogP contribution in [0.3, 0.4) is 0 Å². The molecule has 1 amide bonds. The number of aromatic nitrogens is 3. The van der Waals surface area contributed by atoms with Crippen LogP contribution >= 0.6 is 0 Å². The van der Waals surface area contributed by atoms with Gasteiger partial charge in [-0.25, -0.2) is 9.48 Å². The summed E-state index contributed by atoms with van der Waals surface area (Å²) in [6.07, 6.45) is 0. The Morgan fingerprint density at radius 3 is 2.36 bits per heavy atom. The topological polar surface area (TPSA) is 97.1 Å². The van der Waals surface area contributed by atoms with E-state index in [1.165, 1.54) is 4.68 Å². The van der Waals surface area contributed by atoms with Crippen molar-refractivity contribution in [1.29, 1.82) is 0 Å². The van der Waals surface area contributed by atoms with Gasteiger partial charge in [-0.1, -0.05) is 37.3 Å². The summed E-state index contributed by atoms with van der Waals surface area (Å²) in [5, 5.41) is 19.5. The number of amides is 1. The van der Waals surface area contributed by atoms with Crippen molar-refractivity contribution < 1.29 is 14.7 Å². The second-order valence-corrected chi connectivity index (χ2v) is 5.26. The van der Waals surface area contributed by atoms with Crippen molar-refractivity contribution >= 4 is 17.6 Å². The van der Waals surface area contributed by atoms with Crippen LogP contribution in [0.25, 0.3) is 0 Å². The molecule has 1 atom stereocenters. The number of carbonyl (C=O) groups is 2. The number of hydrogen-bond donors (Lipinski definition) is 2. The molecule has 0 aliphatic heterocycles. The van der Waals surface area contributed by atoms with E-state index >= 15 is 0 Å². The monoisotopic (exact) mass is 302 g/mol. The highest BCUT2D eigenvalue weighted by atomic mass is 16.4. The number of nitrogens with zero attached hydrogens (tertiary/aromatic N) is 3. The van der Waals surface area contributed by atoms with Gasteiger partial charge in [0.05, 0.1) is 5.69 Å². The summed E-state index contributed by atoms with van der Waals surface area (Å²) in [6, 6.07) is 8.37. The minimum atomic E-state index is -1.15. The fourth-order valence-electron chi connectivity index (χ4n) is 2.16. The molecule has 2 N–H and O–H groups in total. The molecular formula is C15H18N4O3. The van der Waals surface area contributed by atoms with Crippen LogP contribution < -0.4 is 5.32 Å². The van der Waals surface area contributed by atoms with Gasteiger partial charge in [0.1, 0.15) is 6.04 Å². The smallest absolute Gasteiger partial charge is 0.358 e. The van der Waals surface area contributed by atoms with Crippen LogP contribution in [0.1, 0.15) is 48.9 Å². The predicted octanol–water partition coefficient (Wildman–Crippen LogP) is 2.30. The van der Waals surface area contributed by atoms with E-state index in [0.29, 0.717) is 11.4 Å². The van der Waals surface area contributed by atoms with Crippen molar-refractivity contribution in [2.24, 2.45) is 0 Å². The lowest BCUT2D eigenvalue weighted by molar-refractivity contribution is -0.119. The van der Waals surface area contributed by atoms with Gasteiger partial charge in [0.15, 0.2) is 5.69 Å². The van der Waals surface area contributed by atoms with Crippen LogP contribution in [0.15, 0.2) is 30.3 Å². The van der Waals surface area contributed by atoms with Crippen molar-refractivity contribution in [3.05, 3.63) is 41.7 Å². The maximum absolute atomic E-state index is 12.3. The minimum absolute atomic E-state index is 0.116. The molecule has 2 aromatic rings. The molecule has 0 spiro atoms. The molecule has 1 unspecified atom stereocenters. The van der Waals surface area contributed by atoms with Gasteiger partial charge in [0.25, 0.3) is 0 Å². The predicted molar refractivity (Wildman–Crippen MR) is 80.9 cm³/mol. The van der Waals surface area contributed by atoms with Gasteiger partial charge in [-0.15, -0.1) is 5.10 Å². The Kier molecular flexibility index (Phi) is 4.55. The van der Waals surface area contributed by atoms with Crippen molar-refractivity contribution in [2.45, 2.75) is 32.7 Å². The van der Waals surface area contributed by atoms with Gasteiger partial charge in [-0.3, -0.25) is 4.79 Å². The Hall–Kier alpha value is -2.70. The zero-order chi connectivity index (χ0) is 16.3. The van der Waals surface area contributed by atoms with E-state index in [2.05, 4.69) is 15.6 Å². The van der Waals surface area contributed by atoms with E-state index in [9.17, 15) is 9.59 Å². The molecule has 0 aliphatic rings. The molecule has 22 heavy (non-hydrogen) atoms. The summed E-state index contributed by atoms with van der Waals surface area (Å²) in [4.78, 5) is 23.5. The number of para-hydroxylation sites is 1. The summed E-state index contributed by atoms with van der Waals surface area (Å²) in [5.41, 5.74) is 0.988. The van der Waals surface area contributed by atoms with Gasteiger partial charge < -0.3 is 10.4 Å². The zero-order valence-electron chi connectivity index (χ0n) is 12.6. The summed E-state index contributed by atoms with van der Waals surface area (Å²) < 4.78 is 1.37. The number of nitrogens with one attached hydrogen (secondary N) is 1. The first kappa shape index (κ1) is 15.7. The zero-order valence-corrected chi connectivity index (χ0v) is 12.6. The van der Waals surface area contributed by atoms with E-state index in [0.717, 1.165) is 0 Å². The summed E-state index contributed by atoms with van der Waals surface area (Å²) in [6.45, 7) is 5.33. The number of anilines is 1. The number of aromatic carboxylic acids is 1. The highest BCUT2D eigenvalue weighted by molar-refractivity contribution is 5.93. The molecule has 0 saturated carbocycles. The second-order valence-electron chi connectivity index (χ2n) is 5.26. The van der Waals surface area contributed by atoms with Crippen molar-refractivity contribution in [3.8, 4) is 0 Å². The standard InChI is InChI=1S/C15H18N4O3/c1-9(2)13-12(15(21)22)17-18-19(13)10(3)14(20)16-11-7-5-4-6-8-11/h4-10H,1-3H3,(H,16,20)(H,21,22). The Labute approximate surface area is 128 Å². The number of hydrogen-bond acceptors (Lipinski definition) is 4. The van der Waals surface area contributed by atoms with Crippen LogP contribution in [0.2, 0.25) is 0 Å². The minimum Gasteiger partial charge on any atom is -0.476 e. The third kappa shape index (κ3) is 3.13. The van der Waals surface area contributed by atoms with Gasteiger partial charge in [0.2, 0.25) is 5.91 Å². The van der Waals surface area contributed by atoms with Crippen molar-refractivity contribution in [3.63, 3.8) is 0 Å². The molecule has 7 nitrogen and oxygen atoms in total. The summed E-state index contributed by atoms with van der Waals surface area (Å²) in [7, 11) is 0. The number of rotatable bonds is 5. The number of carbonyl (C=O) groups excluding carboxylic acids is 1. The molecular weight excluding hydrogens is 284 g/mol. The van der Waals surface area contributed by atoms with E-state index in [-0.39, 0.29) is 17.5 Å². The first-order chi connectivity index (χ1) is 10.4. The average molecular weight is 302 g/mol. The molecule has 7 heteroatoms. The third-order valence-corrected chi connectivity index (χ3v) is 3.27. The molecule has 2 rings (SSSR count). The Balaban J connectivity index is 2.27. The number of carboxylic acids is 1. The molecule has 0 aliphatic carbocycles. The number of benzene rings is 1. The molecule has 1 heterocycles. The molecule has 1 aromatic heterocycles. The highest BCUT2D eigenvalue weighted by Crippen LogP contribution is 2.22. The van der Waals surface area contributed by atoms with Crippen LogP contribution in [-0.4, -0.2) is 32.0 Å². The number of carboxylic acid groups (broad SMARTS) is 1. The van der Waals surface area contributed by atoms with Crippen LogP contribution in [0, 0.1) is 0 Å². The van der Waals surface area contributed by atoms with Crippen molar-refractivity contribution in [1.82, 2.24) is 15.0 Å². The lowest BCUT2D eigenvalue weighted by atomic mass is 10.1. The average Bonchev–Trinajstić information content (AvgIpc) is 2.92. The highest BCUT2D eigenvalue weighted by Gasteiger charge is 2.27. The SMILES string of the molecule is CC(C)c1c(C(=O)O)nnn1C(C)C(=O)Nc1ccccc1. The normalized spacial score (nSPS) is 12.2. The van der Waals surface area contributed by atoms with Gasteiger partial charge in [-0.05, 0) is 25.0 Å². The quantitative estimate of drug-likeness (QED) is 0.883. The van der Waals surface area contributed by atoms with Gasteiger partial charge >= 0.3 is 5.97 Å². The maximum atomic E-state index is 12.3. The van der Waals surface area contributed by atoms with E-state index < -0.39 is 12.0 Å². The molecule has 116 valence electrons. The third-order valence-electron chi connectivity index (χ3n) is 3.27. The summed E-state index contributed by atoms with van der Waals surface area (Å²) in [5.74, 6) is -1.55. The molecule has 0 bridgehead atoms. The van der Waals surface area contributed by atoms with Crippen LogP contribution in [0.4, 0.5) is 5.69 Å². The lowest BCUT2D eigenvalue weighted by Gasteiger charge is -2.16. The Morgan fingerprint density at radius 2 is 1.82 bits per heavy atom. The first-order valence-electron chi connectivity index (χ1n) is 6.96. The summed E-state index contributed by atoms with van der Waals surface area (Å²) >= 11 is 0. The molecule has 0 saturated heterocycles. The van der Waals surface area contributed by atoms with E-state index in [4.69, 9.17) is 5.11 Å². The Bertz CT molecular complexity index is 679. The van der Waals surface area contributed by atoms with Crippen molar-refractivity contribution in [2.75, 3.05) is 5.32 Å². The molecule has 0 radical (unpaired) electrons. The van der Waals surface area contributed by atoms with Gasteiger partial charge in [-0.2, -0.15) is 0 Å². The van der Waals surface area contributed by atoms with Crippen LogP contribution in [0.5, 0.6) is 0 Å². The lowest BCUT2D eigenvalue weighted by Crippen LogP contribution is -2.26. The van der Waals surface area contributed by atoms with E-state index in [1.54, 1.807) is 19.1 Å². The fraction of sp³-hybridized carbons (Fsp3) is 0.333. The second kappa shape index (κ2) is 6.38. The maximum Gasteiger partial charge on any atom is 0.358 e.